The van der Waals surface area contributed by atoms with Gasteiger partial charge in [0.05, 0.1) is 5.92 Å². The van der Waals surface area contributed by atoms with Crippen LogP contribution in [0.2, 0.25) is 5.02 Å². The Kier molecular flexibility index (Phi) is 5.53. The first-order valence-electron chi connectivity index (χ1n) is 9.72. The molecule has 6 nitrogen and oxygen atoms in total. The molecule has 0 aliphatic carbocycles. The van der Waals surface area contributed by atoms with Crippen LogP contribution in [0.15, 0.2) is 47.0 Å². The molecule has 29 heavy (non-hydrogen) atoms. The number of benzene rings is 2. The van der Waals surface area contributed by atoms with Gasteiger partial charge in [-0.3, -0.25) is 0 Å². The number of urea groups is 1. The highest BCUT2D eigenvalue weighted by molar-refractivity contribution is 6.30. The van der Waals surface area contributed by atoms with Crippen LogP contribution in [-0.4, -0.2) is 34.2 Å². The number of anilines is 1. The molecular formula is C22H23ClN4O2. The Hall–Kier alpha value is -2.86. The summed E-state index contributed by atoms with van der Waals surface area (Å²) in [5.74, 6) is 1.09. The van der Waals surface area contributed by atoms with Crippen molar-refractivity contribution in [2.75, 3.05) is 18.4 Å². The molecule has 2 amide bonds. The topological polar surface area (TPSA) is 71.3 Å². The highest BCUT2D eigenvalue weighted by Gasteiger charge is 2.29. The lowest BCUT2D eigenvalue weighted by Gasteiger charge is -2.31. The molecule has 0 spiro atoms. The second-order valence-corrected chi connectivity index (χ2v) is 7.94. The molecule has 1 fully saturated rings. The monoisotopic (exact) mass is 410 g/mol. The highest BCUT2D eigenvalue weighted by Crippen LogP contribution is 2.29. The molecular weight excluding hydrogens is 388 g/mol. The number of amides is 2. The normalized spacial score (nSPS) is 16.7. The number of nitrogens with zero attached hydrogens (tertiary/aromatic N) is 3. The number of carbonyl (C=O) groups excluding carboxylic acids is 1. The summed E-state index contributed by atoms with van der Waals surface area (Å²) in [5.41, 5.74) is 3.87. The van der Waals surface area contributed by atoms with Gasteiger partial charge in [0.25, 0.3) is 0 Å². The van der Waals surface area contributed by atoms with E-state index < -0.39 is 0 Å². The van der Waals surface area contributed by atoms with E-state index in [1.54, 1.807) is 12.1 Å². The summed E-state index contributed by atoms with van der Waals surface area (Å²) in [6, 6.07) is 13.3. The Bertz CT molecular complexity index is 1030. The van der Waals surface area contributed by atoms with E-state index in [0.717, 1.165) is 29.7 Å². The summed E-state index contributed by atoms with van der Waals surface area (Å²) >= 11 is 6.05. The number of hydrogen-bond donors (Lipinski definition) is 1. The lowest BCUT2D eigenvalue weighted by atomic mass is 9.98. The Morgan fingerprint density at radius 2 is 2.10 bits per heavy atom. The van der Waals surface area contributed by atoms with Gasteiger partial charge in [0.1, 0.15) is 0 Å². The number of aryl methyl sites for hydroxylation is 2. The number of piperidine rings is 1. The van der Waals surface area contributed by atoms with Crippen molar-refractivity contribution >= 4 is 23.3 Å². The van der Waals surface area contributed by atoms with Crippen LogP contribution < -0.4 is 5.32 Å². The van der Waals surface area contributed by atoms with Crippen molar-refractivity contribution in [3.63, 3.8) is 0 Å². The van der Waals surface area contributed by atoms with Gasteiger partial charge in [0.2, 0.25) is 11.7 Å². The van der Waals surface area contributed by atoms with Gasteiger partial charge in [-0.25, -0.2) is 4.79 Å². The van der Waals surface area contributed by atoms with E-state index in [1.807, 2.05) is 43.0 Å². The van der Waals surface area contributed by atoms with E-state index >= 15 is 0 Å². The Labute approximate surface area is 174 Å². The standard InChI is InChI=1S/C22H23ClN4O2/c1-14-8-9-19(15(2)11-14)24-22(28)27-10-4-6-17(13-27)21-25-20(26-29-21)16-5-3-7-18(23)12-16/h3,5,7-9,11-12,17H,4,6,10,13H2,1-2H3,(H,24,28). The molecule has 7 heteroatoms. The van der Waals surface area contributed by atoms with Crippen LogP contribution in [0.4, 0.5) is 10.5 Å². The van der Waals surface area contributed by atoms with Gasteiger partial charge in [-0.2, -0.15) is 4.98 Å². The fourth-order valence-electron chi connectivity index (χ4n) is 3.66. The third-order valence-electron chi connectivity index (χ3n) is 5.21. The highest BCUT2D eigenvalue weighted by atomic mass is 35.5. The van der Waals surface area contributed by atoms with E-state index in [1.165, 1.54) is 5.56 Å². The Balaban J connectivity index is 1.45. The van der Waals surface area contributed by atoms with Crippen LogP contribution in [0.1, 0.15) is 35.8 Å². The first kappa shape index (κ1) is 19.5. The molecule has 3 aromatic rings. The maximum absolute atomic E-state index is 12.8. The van der Waals surface area contributed by atoms with Gasteiger partial charge in [-0.1, -0.05) is 46.6 Å². The van der Waals surface area contributed by atoms with Gasteiger partial charge < -0.3 is 14.7 Å². The smallest absolute Gasteiger partial charge is 0.321 e. The van der Waals surface area contributed by atoms with Gasteiger partial charge in [0, 0.05) is 29.4 Å². The molecule has 0 bridgehead atoms. The number of carbonyl (C=O) groups is 1. The van der Waals surface area contributed by atoms with E-state index in [4.69, 9.17) is 16.1 Å². The Morgan fingerprint density at radius 1 is 1.24 bits per heavy atom. The summed E-state index contributed by atoms with van der Waals surface area (Å²) in [5, 5.41) is 7.74. The second kappa shape index (κ2) is 8.25. The molecule has 1 aliphatic heterocycles. The minimum atomic E-state index is -0.101. The molecule has 1 aromatic heterocycles. The zero-order valence-electron chi connectivity index (χ0n) is 16.5. The van der Waals surface area contributed by atoms with Crippen molar-refractivity contribution in [2.24, 2.45) is 0 Å². The number of aromatic nitrogens is 2. The number of rotatable bonds is 3. The third-order valence-corrected chi connectivity index (χ3v) is 5.44. The third kappa shape index (κ3) is 4.43. The van der Waals surface area contributed by atoms with Crippen molar-refractivity contribution in [3.05, 3.63) is 64.5 Å². The summed E-state index contributed by atoms with van der Waals surface area (Å²) in [6.45, 7) is 5.30. The molecule has 4 rings (SSSR count). The summed E-state index contributed by atoms with van der Waals surface area (Å²) in [6.07, 6.45) is 1.80. The molecule has 2 aromatic carbocycles. The Morgan fingerprint density at radius 3 is 2.90 bits per heavy atom. The maximum Gasteiger partial charge on any atom is 0.321 e. The quantitative estimate of drug-likeness (QED) is 0.625. The van der Waals surface area contributed by atoms with E-state index in [0.29, 0.717) is 29.8 Å². The van der Waals surface area contributed by atoms with Crippen molar-refractivity contribution in [1.82, 2.24) is 15.0 Å². The van der Waals surface area contributed by atoms with Crippen LogP contribution in [-0.2, 0) is 0 Å². The first-order chi connectivity index (χ1) is 14.0. The van der Waals surface area contributed by atoms with Crippen LogP contribution in [0.5, 0.6) is 0 Å². The van der Waals surface area contributed by atoms with E-state index in [9.17, 15) is 4.79 Å². The average molecular weight is 411 g/mol. The van der Waals surface area contributed by atoms with Crippen LogP contribution in [0.25, 0.3) is 11.4 Å². The van der Waals surface area contributed by atoms with E-state index in [2.05, 4.69) is 21.5 Å². The maximum atomic E-state index is 12.8. The number of halogens is 1. The van der Waals surface area contributed by atoms with Crippen LogP contribution >= 0.6 is 11.6 Å². The zero-order chi connectivity index (χ0) is 20.4. The van der Waals surface area contributed by atoms with Gasteiger partial charge >= 0.3 is 6.03 Å². The molecule has 0 saturated carbocycles. The van der Waals surface area contributed by atoms with Gasteiger partial charge in [0.15, 0.2) is 0 Å². The molecule has 0 radical (unpaired) electrons. The largest absolute Gasteiger partial charge is 0.339 e. The molecule has 150 valence electrons. The fourth-order valence-corrected chi connectivity index (χ4v) is 3.85. The first-order valence-corrected chi connectivity index (χ1v) is 10.1. The second-order valence-electron chi connectivity index (χ2n) is 7.50. The molecule has 1 N–H and O–H groups in total. The predicted octanol–water partition coefficient (Wildman–Crippen LogP) is 5.42. The lowest BCUT2D eigenvalue weighted by molar-refractivity contribution is 0.184. The zero-order valence-corrected chi connectivity index (χ0v) is 17.2. The van der Waals surface area contributed by atoms with Crippen LogP contribution in [0.3, 0.4) is 0 Å². The van der Waals surface area contributed by atoms with Crippen LogP contribution in [0, 0.1) is 13.8 Å². The number of nitrogens with one attached hydrogen (secondary N) is 1. The summed E-state index contributed by atoms with van der Waals surface area (Å²) in [7, 11) is 0. The molecule has 1 aliphatic rings. The van der Waals surface area contributed by atoms with Gasteiger partial charge in [-0.15, -0.1) is 0 Å². The average Bonchev–Trinajstić information content (AvgIpc) is 3.20. The number of likely N-dealkylation sites (tertiary alicyclic amines) is 1. The number of hydrogen-bond acceptors (Lipinski definition) is 4. The van der Waals surface area contributed by atoms with Crippen molar-refractivity contribution in [3.8, 4) is 11.4 Å². The summed E-state index contributed by atoms with van der Waals surface area (Å²) < 4.78 is 5.51. The summed E-state index contributed by atoms with van der Waals surface area (Å²) in [4.78, 5) is 19.1. The molecule has 1 saturated heterocycles. The predicted molar refractivity (Wildman–Crippen MR) is 113 cm³/mol. The molecule has 2 heterocycles. The fraction of sp³-hybridized carbons (Fsp3) is 0.318. The SMILES string of the molecule is Cc1ccc(NC(=O)N2CCCC(c3nc(-c4cccc(Cl)c4)no3)C2)c(C)c1. The van der Waals surface area contributed by atoms with Crippen molar-refractivity contribution in [2.45, 2.75) is 32.6 Å². The molecule has 1 unspecified atom stereocenters. The van der Waals surface area contributed by atoms with E-state index in [-0.39, 0.29) is 11.9 Å². The van der Waals surface area contributed by atoms with Crippen molar-refractivity contribution < 1.29 is 9.32 Å². The van der Waals surface area contributed by atoms with Gasteiger partial charge in [-0.05, 0) is 50.5 Å². The minimum absolute atomic E-state index is 0.0223. The molecule has 1 atom stereocenters. The minimum Gasteiger partial charge on any atom is -0.339 e. The van der Waals surface area contributed by atoms with Crippen molar-refractivity contribution in [1.29, 1.82) is 0 Å². The lowest BCUT2D eigenvalue weighted by Crippen LogP contribution is -2.41.